The Kier molecular flexibility index (Phi) is 10.0. The monoisotopic (exact) mass is 541 g/mol. The number of rotatable bonds is 12. The van der Waals surface area contributed by atoms with Crippen LogP contribution in [0.1, 0.15) is 60.2 Å². The minimum atomic E-state index is -0.730. The first-order chi connectivity index (χ1) is 19.4. The van der Waals surface area contributed by atoms with Crippen molar-refractivity contribution in [2.75, 3.05) is 25.5 Å². The highest BCUT2D eigenvalue weighted by Gasteiger charge is 2.22. The number of amides is 1. The Labute approximate surface area is 236 Å². The maximum atomic E-state index is 13.1. The molecule has 2 heterocycles. The lowest BCUT2D eigenvalue weighted by molar-refractivity contribution is 0.0323. The van der Waals surface area contributed by atoms with Crippen LogP contribution in [-0.4, -0.2) is 53.2 Å². The van der Waals surface area contributed by atoms with Crippen molar-refractivity contribution in [2.45, 2.75) is 52.2 Å². The lowest BCUT2D eigenvalue weighted by Gasteiger charge is -2.28. The Bertz CT molecular complexity index is 1380. The Balaban J connectivity index is 1.47. The Morgan fingerprint density at radius 2 is 1.85 bits per heavy atom. The first-order valence-electron chi connectivity index (χ1n) is 13.9. The number of amidine groups is 1. The quantitative estimate of drug-likeness (QED) is 0.267. The molecule has 1 atom stereocenters. The first-order valence-corrected chi connectivity index (χ1v) is 13.9. The highest BCUT2D eigenvalue weighted by molar-refractivity contribution is 6.05. The maximum Gasteiger partial charge on any atom is 0.255 e. The Hall–Kier alpha value is -4.01. The van der Waals surface area contributed by atoms with Gasteiger partial charge in [-0.05, 0) is 78.8 Å². The van der Waals surface area contributed by atoms with Crippen LogP contribution >= 0.6 is 0 Å². The zero-order valence-corrected chi connectivity index (χ0v) is 23.6. The van der Waals surface area contributed by atoms with E-state index in [0.29, 0.717) is 29.2 Å². The van der Waals surface area contributed by atoms with Gasteiger partial charge in [0.05, 0.1) is 24.7 Å². The lowest BCUT2D eigenvalue weighted by atomic mass is 10.0. The molecule has 210 valence electrons. The van der Waals surface area contributed by atoms with Crippen LogP contribution in [0.2, 0.25) is 0 Å². The van der Waals surface area contributed by atoms with Gasteiger partial charge in [0.1, 0.15) is 17.8 Å². The number of aryl methyl sites for hydroxylation is 2. The van der Waals surface area contributed by atoms with E-state index in [1.54, 1.807) is 25.4 Å². The van der Waals surface area contributed by atoms with Gasteiger partial charge in [0.2, 0.25) is 0 Å². The van der Waals surface area contributed by atoms with E-state index in [1.807, 2.05) is 42.6 Å². The van der Waals surface area contributed by atoms with Gasteiger partial charge in [-0.2, -0.15) is 0 Å². The van der Waals surface area contributed by atoms with Crippen molar-refractivity contribution in [1.29, 1.82) is 0 Å². The van der Waals surface area contributed by atoms with Crippen LogP contribution in [0.15, 0.2) is 71.5 Å². The number of aliphatic hydroxyl groups is 1. The molecule has 4 rings (SSSR count). The highest BCUT2D eigenvalue weighted by atomic mass is 16.5. The second kappa shape index (κ2) is 13.9. The fourth-order valence-electron chi connectivity index (χ4n) is 4.90. The number of nitrogens with zero attached hydrogens (tertiary/aromatic N) is 3. The second-order valence-corrected chi connectivity index (χ2v) is 10.1. The predicted octanol–water partition coefficient (Wildman–Crippen LogP) is 5.34. The summed E-state index contributed by atoms with van der Waals surface area (Å²) in [6.45, 7) is 5.80. The number of pyridine rings is 1. The largest absolute Gasteiger partial charge is 0.497 e. The standard InChI is InChI=1S/C32H39N5O3/c1-4-13-37(14-5-2)32(39)26-17-24-11-12-25(18-29(24)36-30(33)19-26)31(38)35-27-15-23(20-34-21-27)10-9-22-7-6-8-28(16-22)40-3/h6-8,11-12,15-18,20-21,32,39H,4-5,9-10,13-14,19H2,1-3H3,(H2,33,36)(H,35,38). The minimum Gasteiger partial charge on any atom is -0.497 e. The molecule has 1 amide bonds. The molecule has 3 aromatic rings. The van der Waals surface area contributed by atoms with Crippen LogP contribution in [0.3, 0.4) is 0 Å². The van der Waals surface area contributed by atoms with E-state index in [4.69, 9.17) is 10.5 Å². The normalized spacial score (nSPS) is 13.6. The van der Waals surface area contributed by atoms with Crippen molar-refractivity contribution >= 4 is 29.2 Å². The topological polar surface area (TPSA) is 113 Å². The molecule has 1 unspecified atom stereocenters. The van der Waals surface area contributed by atoms with E-state index < -0.39 is 6.23 Å². The summed E-state index contributed by atoms with van der Waals surface area (Å²) in [5.74, 6) is 0.984. The predicted molar refractivity (Wildman–Crippen MR) is 161 cm³/mol. The molecule has 0 saturated heterocycles. The summed E-state index contributed by atoms with van der Waals surface area (Å²) in [5.41, 5.74) is 11.8. The fourth-order valence-corrected chi connectivity index (χ4v) is 4.90. The molecule has 8 heteroatoms. The summed E-state index contributed by atoms with van der Waals surface area (Å²) < 4.78 is 5.31. The molecular formula is C32H39N5O3. The van der Waals surface area contributed by atoms with Gasteiger partial charge in [-0.15, -0.1) is 0 Å². The summed E-state index contributed by atoms with van der Waals surface area (Å²) >= 11 is 0. The molecule has 0 bridgehead atoms. The van der Waals surface area contributed by atoms with Crippen molar-refractivity contribution in [3.63, 3.8) is 0 Å². The summed E-state index contributed by atoms with van der Waals surface area (Å²) in [4.78, 5) is 24.1. The van der Waals surface area contributed by atoms with Crippen molar-refractivity contribution in [3.8, 4) is 5.75 Å². The average molecular weight is 542 g/mol. The molecule has 2 aromatic carbocycles. The van der Waals surface area contributed by atoms with Crippen LogP contribution < -0.4 is 15.8 Å². The van der Waals surface area contributed by atoms with Gasteiger partial charge in [0, 0.05) is 36.8 Å². The van der Waals surface area contributed by atoms with Crippen molar-refractivity contribution in [2.24, 2.45) is 10.7 Å². The summed E-state index contributed by atoms with van der Waals surface area (Å²) in [6.07, 6.45) is 8.55. The number of methoxy groups -OCH3 is 1. The molecule has 0 saturated carbocycles. The number of aromatic nitrogens is 1. The number of benzene rings is 2. The molecule has 1 aromatic heterocycles. The number of hydrogen-bond acceptors (Lipinski definition) is 7. The third kappa shape index (κ3) is 7.55. The van der Waals surface area contributed by atoms with Gasteiger partial charge in [-0.1, -0.05) is 32.0 Å². The van der Waals surface area contributed by atoms with Crippen molar-refractivity contribution in [1.82, 2.24) is 9.88 Å². The van der Waals surface area contributed by atoms with Crippen LogP contribution in [0.25, 0.3) is 6.08 Å². The van der Waals surface area contributed by atoms with Crippen LogP contribution in [0.4, 0.5) is 11.4 Å². The summed E-state index contributed by atoms with van der Waals surface area (Å²) in [5, 5.41) is 14.0. The van der Waals surface area contributed by atoms with E-state index in [-0.39, 0.29) is 5.91 Å². The number of aliphatic hydroxyl groups excluding tert-OH is 1. The second-order valence-electron chi connectivity index (χ2n) is 10.1. The van der Waals surface area contributed by atoms with Gasteiger partial charge in [-0.3, -0.25) is 14.7 Å². The first kappa shape index (κ1) is 29.0. The molecule has 0 spiro atoms. The number of fused-ring (bicyclic) bond motifs is 1. The molecule has 40 heavy (non-hydrogen) atoms. The molecule has 4 N–H and O–H groups in total. The highest BCUT2D eigenvalue weighted by Crippen LogP contribution is 2.30. The fraction of sp³-hybridized carbons (Fsp3) is 0.344. The number of carbonyl (C=O) groups is 1. The molecule has 1 aliphatic rings. The van der Waals surface area contributed by atoms with Gasteiger partial charge >= 0.3 is 0 Å². The number of carbonyl (C=O) groups excluding carboxylic acids is 1. The van der Waals surface area contributed by atoms with E-state index in [9.17, 15) is 9.90 Å². The number of nitrogens with two attached hydrogens (primary N) is 1. The van der Waals surface area contributed by atoms with Crippen molar-refractivity contribution in [3.05, 3.63) is 88.8 Å². The van der Waals surface area contributed by atoms with Crippen LogP contribution in [-0.2, 0) is 12.8 Å². The van der Waals surface area contributed by atoms with E-state index in [0.717, 1.165) is 61.2 Å². The molecule has 1 aliphatic heterocycles. The number of hydrogen-bond donors (Lipinski definition) is 3. The van der Waals surface area contributed by atoms with Gasteiger partial charge in [0.25, 0.3) is 5.91 Å². The molecule has 0 aliphatic carbocycles. The Morgan fingerprint density at radius 3 is 2.60 bits per heavy atom. The lowest BCUT2D eigenvalue weighted by Crippen LogP contribution is -2.38. The molecular weight excluding hydrogens is 502 g/mol. The molecule has 0 fully saturated rings. The van der Waals surface area contributed by atoms with Crippen LogP contribution in [0, 0.1) is 0 Å². The van der Waals surface area contributed by atoms with E-state index in [1.165, 1.54) is 5.56 Å². The summed E-state index contributed by atoms with van der Waals surface area (Å²) in [7, 11) is 1.66. The third-order valence-corrected chi connectivity index (χ3v) is 6.87. The maximum absolute atomic E-state index is 13.1. The smallest absolute Gasteiger partial charge is 0.255 e. The zero-order valence-electron chi connectivity index (χ0n) is 23.6. The van der Waals surface area contributed by atoms with Gasteiger partial charge in [-0.25, -0.2) is 4.99 Å². The molecule has 8 nitrogen and oxygen atoms in total. The Morgan fingerprint density at radius 1 is 1.07 bits per heavy atom. The average Bonchev–Trinajstić information content (AvgIpc) is 3.13. The zero-order chi connectivity index (χ0) is 28.5. The summed E-state index contributed by atoms with van der Waals surface area (Å²) in [6, 6.07) is 15.3. The SMILES string of the molecule is CCCN(CCC)C(O)C1=Cc2ccc(C(=O)Nc3cncc(CCc4cccc(OC)c4)c3)cc2N=C(N)C1. The van der Waals surface area contributed by atoms with Gasteiger partial charge in [0.15, 0.2) is 0 Å². The van der Waals surface area contributed by atoms with Gasteiger partial charge < -0.3 is 20.9 Å². The van der Waals surface area contributed by atoms with Crippen molar-refractivity contribution < 1.29 is 14.6 Å². The van der Waals surface area contributed by atoms with E-state index in [2.05, 4.69) is 40.1 Å². The third-order valence-electron chi connectivity index (χ3n) is 6.87. The number of aliphatic imine (C=N–C) groups is 1. The number of anilines is 1. The molecule has 0 radical (unpaired) electrons. The van der Waals surface area contributed by atoms with Crippen LogP contribution in [0.5, 0.6) is 5.75 Å². The number of ether oxygens (including phenoxy) is 1. The minimum absolute atomic E-state index is 0.256. The van der Waals surface area contributed by atoms with E-state index >= 15 is 0 Å². The number of nitrogens with one attached hydrogen (secondary N) is 1.